The van der Waals surface area contributed by atoms with E-state index >= 15 is 0 Å². The molecule has 9 heteroatoms. The summed E-state index contributed by atoms with van der Waals surface area (Å²) in [5, 5.41) is 3.95. The molecule has 0 bridgehead atoms. The number of benzene rings is 2. The number of ether oxygens (including phenoxy) is 2. The first-order chi connectivity index (χ1) is 15.6. The normalized spacial score (nSPS) is 11.4. The predicted molar refractivity (Wildman–Crippen MR) is 132 cm³/mol. The molecule has 33 heavy (non-hydrogen) atoms. The zero-order chi connectivity index (χ0) is 24.0. The molecule has 0 saturated carbocycles. The topological polar surface area (TPSA) is 90.1 Å². The van der Waals surface area contributed by atoms with E-state index in [0.717, 1.165) is 4.47 Å². The zero-order valence-corrected chi connectivity index (χ0v) is 21.4. The summed E-state index contributed by atoms with van der Waals surface area (Å²) in [6, 6.07) is 14.1. The molecule has 0 spiro atoms. The van der Waals surface area contributed by atoms with Gasteiger partial charge in [-0.1, -0.05) is 48.8 Å². The van der Waals surface area contributed by atoms with Crippen LogP contribution in [0.5, 0.6) is 11.5 Å². The van der Waals surface area contributed by atoms with Crippen LogP contribution in [0.2, 0.25) is 0 Å². The number of halogens is 2. The summed E-state index contributed by atoms with van der Waals surface area (Å²) < 4.78 is 17.3. The van der Waals surface area contributed by atoms with Crippen LogP contribution in [0.4, 0.5) is 0 Å². The fourth-order valence-electron chi connectivity index (χ4n) is 2.73. The molecule has 0 unspecified atom stereocenters. The van der Waals surface area contributed by atoms with Gasteiger partial charge in [0.05, 0.1) is 17.0 Å². The van der Waals surface area contributed by atoms with Crippen molar-refractivity contribution in [2.75, 3.05) is 6.61 Å². The number of esters is 1. The van der Waals surface area contributed by atoms with Crippen molar-refractivity contribution in [1.29, 1.82) is 0 Å². The predicted octanol–water partition coefficient (Wildman–Crippen LogP) is 5.85. The number of carbonyl (C=O) groups excluding carboxylic acids is 2. The number of hydrogen-bond donors (Lipinski definition) is 1. The molecule has 172 valence electrons. The molecule has 0 aliphatic carbocycles. The van der Waals surface area contributed by atoms with Gasteiger partial charge in [-0.2, -0.15) is 5.10 Å². The van der Waals surface area contributed by atoms with E-state index in [1.165, 1.54) is 24.1 Å². The molecule has 1 N–H and O–H groups in total. The van der Waals surface area contributed by atoms with Crippen LogP contribution < -0.4 is 14.9 Å². The fourth-order valence-corrected chi connectivity index (χ4v) is 4.07. The molecular formula is C24H22Br2N2O5. The zero-order valence-electron chi connectivity index (χ0n) is 18.2. The van der Waals surface area contributed by atoms with Gasteiger partial charge in [0.2, 0.25) is 5.76 Å². The molecule has 3 aromatic rings. The van der Waals surface area contributed by atoms with Gasteiger partial charge in [0.15, 0.2) is 12.4 Å². The number of furan rings is 1. The van der Waals surface area contributed by atoms with E-state index in [2.05, 4.69) is 63.2 Å². The summed E-state index contributed by atoms with van der Waals surface area (Å²) in [6.45, 7) is 6.18. The molecular weight excluding hydrogens is 556 g/mol. The minimum atomic E-state index is -0.660. The lowest BCUT2D eigenvalue weighted by Crippen LogP contribution is -2.24. The SMILES string of the molecule is CC(C)(C)c1ccc(OCC(=O)N/N=C/c2cc(Br)cc(Br)c2OC(=O)c2ccco2)cc1. The Morgan fingerprint density at radius 1 is 1.12 bits per heavy atom. The quantitative estimate of drug-likeness (QED) is 0.165. The van der Waals surface area contributed by atoms with Gasteiger partial charge in [0.1, 0.15) is 5.75 Å². The molecule has 3 rings (SSSR count). The Morgan fingerprint density at radius 3 is 2.48 bits per heavy atom. The van der Waals surface area contributed by atoms with Crippen molar-refractivity contribution in [2.24, 2.45) is 5.10 Å². The van der Waals surface area contributed by atoms with E-state index in [9.17, 15) is 9.59 Å². The van der Waals surface area contributed by atoms with E-state index in [1.54, 1.807) is 18.2 Å². The average molecular weight is 578 g/mol. The van der Waals surface area contributed by atoms with E-state index in [-0.39, 0.29) is 23.5 Å². The van der Waals surface area contributed by atoms with Crippen molar-refractivity contribution in [3.63, 3.8) is 0 Å². The second-order valence-corrected chi connectivity index (χ2v) is 9.80. The number of nitrogens with zero attached hydrogens (tertiary/aromatic N) is 1. The number of hydrazone groups is 1. The number of hydrogen-bond acceptors (Lipinski definition) is 6. The summed E-state index contributed by atoms with van der Waals surface area (Å²) in [6.07, 6.45) is 2.75. The van der Waals surface area contributed by atoms with Gasteiger partial charge in [-0.15, -0.1) is 0 Å². The highest BCUT2D eigenvalue weighted by Crippen LogP contribution is 2.32. The van der Waals surface area contributed by atoms with Gasteiger partial charge in [-0.25, -0.2) is 10.2 Å². The molecule has 7 nitrogen and oxygen atoms in total. The van der Waals surface area contributed by atoms with Gasteiger partial charge in [0.25, 0.3) is 5.91 Å². The average Bonchev–Trinajstić information content (AvgIpc) is 3.29. The highest BCUT2D eigenvalue weighted by Gasteiger charge is 2.17. The first kappa shape index (κ1) is 24.7. The third-order valence-electron chi connectivity index (χ3n) is 4.44. The van der Waals surface area contributed by atoms with Crippen molar-refractivity contribution in [3.8, 4) is 11.5 Å². The third kappa shape index (κ3) is 7.03. The standard InChI is InChI=1S/C24H22Br2N2O5/c1-24(2,3)16-6-8-18(9-7-16)32-14-21(29)28-27-13-15-11-17(25)12-19(26)22(15)33-23(30)20-5-4-10-31-20/h4-13H,14H2,1-3H3,(H,28,29)/b27-13+. The van der Waals surface area contributed by atoms with Crippen molar-refractivity contribution in [3.05, 3.63) is 80.6 Å². The Kier molecular flexibility index (Phi) is 8.10. The van der Waals surface area contributed by atoms with Gasteiger partial charge in [0, 0.05) is 10.0 Å². The lowest BCUT2D eigenvalue weighted by molar-refractivity contribution is -0.123. The molecule has 0 aliphatic heterocycles. The summed E-state index contributed by atoms with van der Waals surface area (Å²) in [5.74, 6) is -0.214. The number of amides is 1. The lowest BCUT2D eigenvalue weighted by atomic mass is 9.87. The Balaban J connectivity index is 1.61. The van der Waals surface area contributed by atoms with E-state index in [0.29, 0.717) is 15.8 Å². The third-order valence-corrected chi connectivity index (χ3v) is 5.48. The summed E-state index contributed by atoms with van der Waals surface area (Å²) in [5.41, 5.74) is 4.07. The molecule has 0 fully saturated rings. The van der Waals surface area contributed by atoms with Crippen LogP contribution in [-0.4, -0.2) is 24.7 Å². The van der Waals surface area contributed by atoms with E-state index in [1.807, 2.05) is 24.3 Å². The van der Waals surface area contributed by atoms with Crippen LogP contribution in [0.25, 0.3) is 0 Å². The van der Waals surface area contributed by atoms with E-state index < -0.39 is 11.9 Å². The maximum absolute atomic E-state index is 12.3. The molecule has 0 aliphatic rings. The van der Waals surface area contributed by atoms with Crippen LogP contribution in [0.1, 0.15) is 42.5 Å². The summed E-state index contributed by atoms with van der Waals surface area (Å²) >= 11 is 6.75. The van der Waals surface area contributed by atoms with Crippen LogP contribution in [-0.2, 0) is 10.2 Å². The van der Waals surface area contributed by atoms with E-state index in [4.69, 9.17) is 13.9 Å². The number of carbonyl (C=O) groups is 2. The minimum absolute atomic E-state index is 0.0389. The summed E-state index contributed by atoms with van der Waals surface area (Å²) in [4.78, 5) is 24.4. The molecule has 0 radical (unpaired) electrons. The van der Waals surface area contributed by atoms with Crippen LogP contribution in [0, 0.1) is 0 Å². The molecule has 0 saturated heterocycles. The highest BCUT2D eigenvalue weighted by molar-refractivity contribution is 9.11. The van der Waals surface area contributed by atoms with Gasteiger partial charge in [-0.3, -0.25) is 4.79 Å². The van der Waals surface area contributed by atoms with Gasteiger partial charge >= 0.3 is 5.97 Å². The second-order valence-electron chi connectivity index (χ2n) is 8.03. The molecule has 1 aromatic heterocycles. The van der Waals surface area contributed by atoms with Crippen molar-refractivity contribution >= 4 is 50.0 Å². The Hall–Kier alpha value is -2.91. The monoisotopic (exact) mass is 576 g/mol. The summed E-state index contributed by atoms with van der Waals surface area (Å²) in [7, 11) is 0. The number of rotatable bonds is 7. The molecule has 0 atom stereocenters. The van der Waals surface area contributed by atoms with Gasteiger partial charge < -0.3 is 13.9 Å². The van der Waals surface area contributed by atoms with Crippen molar-refractivity contribution in [1.82, 2.24) is 5.43 Å². The Morgan fingerprint density at radius 2 is 1.85 bits per heavy atom. The van der Waals surface area contributed by atoms with Crippen LogP contribution in [0.3, 0.4) is 0 Å². The first-order valence-electron chi connectivity index (χ1n) is 9.93. The van der Waals surface area contributed by atoms with Crippen molar-refractivity contribution < 1.29 is 23.5 Å². The minimum Gasteiger partial charge on any atom is -0.484 e. The second kappa shape index (κ2) is 10.8. The first-order valence-corrected chi connectivity index (χ1v) is 11.5. The lowest BCUT2D eigenvalue weighted by Gasteiger charge is -2.19. The Labute approximate surface area is 208 Å². The molecule has 1 heterocycles. The fraction of sp³-hybridized carbons (Fsp3) is 0.208. The number of nitrogens with one attached hydrogen (secondary N) is 1. The van der Waals surface area contributed by atoms with Gasteiger partial charge in [-0.05, 0) is 63.3 Å². The molecule has 1 amide bonds. The van der Waals surface area contributed by atoms with Crippen LogP contribution >= 0.6 is 31.9 Å². The van der Waals surface area contributed by atoms with Crippen molar-refractivity contribution in [2.45, 2.75) is 26.2 Å². The molecule has 2 aromatic carbocycles. The van der Waals surface area contributed by atoms with Crippen LogP contribution in [0.15, 0.2) is 73.3 Å². The Bertz CT molecular complexity index is 1150. The maximum atomic E-state index is 12.3. The maximum Gasteiger partial charge on any atom is 0.379 e. The largest absolute Gasteiger partial charge is 0.484 e. The smallest absolute Gasteiger partial charge is 0.379 e. The highest BCUT2D eigenvalue weighted by atomic mass is 79.9.